The van der Waals surface area contributed by atoms with E-state index in [1.807, 2.05) is 37.3 Å². The first kappa shape index (κ1) is 13.9. The summed E-state index contributed by atoms with van der Waals surface area (Å²) in [6.07, 6.45) is 2.84. The van der Waals surface area contributed by atoms with Gasteiger partial charge in [-0.05, 0) is 31.7 Å². The standard InChI is InChI=1S/C15H22N2O2/c1-15(12-16)9-5-6-10-17(15)14(18)19-11-13-7-3-2-4-8-13/h2-4,7-8H,5-6,9-12,16H2,1H3. The lowest BCUT2D eigenvalue weighted by Gasteiger charge is -2.43. The Morgan fingerprint density at radius 3 is 2.79 bits per heavy atom. The van der Waals surface area contributed by atoms with Gasteiger partial charge >= 0.3 is 6.09 Å². The Kier molecular flexibility index (Phi) is 4.43. The first-order valence-electron chi connectivity index (χ1n) is 6.84. The molecule has 4 nitrogen and oxygen atoms in total. The van der Waals surface area contributed by atoms with Crippen LogP contribution in [0.5, 0.6) is 0 Å². The molecule has 1 saturated heterocycles. The van der Waals surface area contributed by atoms with Crippen molar-refractivity contribution in [2.45, 2.75) is 38.3 Å². The summed E-state index contributed by atoms with van der Waals surface area (Å²) in [6, 6.07) is 9.72. The van der Waals surface area contributed by atoms with E-state index >= 15 is 0 Å². The van der Waals surface area contributed by atoms with Crippen LogP contribution in [0, 0.1) is 0 Å². The number of benzene rings is 1. The second-order valence-electron chi connectivity index (χ2n) is 5.35. The molecule has 1 atom stereocenters. The smallest absolute Gasteiger partial charge is 0.410 e. The Morgan fingerprint density at radius 2 is 2.11 bits per heavy atom. The highest BCUT2D eigenvalue weighted by molar-refractivity contribution is 5.69. The predicted octanol–water partition coefficient (Wildman–Crippen LogP) is 2.53. The molecule has 1 heterocycles. The van der Waals surface area contributed by atoms with Crippen molar-refractivity contribution in [2.75, 3.05) is 13.1 Å². The summed E-state index contributed by atoms with van der Waals surface area (Å²) in [5.74, 6) is 0. The van der Waals surface area contributed by atoms with Gasteiger partial charge in [-0.15, -0.1) is 0 Å². The molecule has 0 aliphatic carbocycles. The van der Waals surface area contributed by atoms with Crippen molar-refractivity contribution in [1.29, 1.82) is 0 Å². The molecule has 104 valence electrons. The summed E-state index contributed by atoms with van der Waals surface area (Å²) < 4.78 is 5.40. The third-order valence-corrected chi connectivity index (χ3v) is 3.86. The molecule has 2 N–H and O–H groups in total. The maximum Gasteiger partial charge on any atom is 0.410 e. The van der Waals surface area contributed by atoms with Gasteiger partial charge in [-0.25, -0.2) is 4.79 Å². The number of hydrogen-bond donors (Lipinski definition) is 1. The first-order valence-corrected chi connectivity index (χ1v) is 6.84. The zero-order chi connectivity index (χ0) is 13.7. The van der Waals surface area contributed by atoms with Crippen LogP contribution < -0.4 is 5.73 Å². The topological polar surface area (TPSA) is 55.6 Å². The molecule has 1 amide bonds. The van der Waals surface area contributed by atoms with Crippen molar-refractivity contribution in [3.05, 3.63) is 35.9 Å². The Hall–Kier alpha value is -1.55. The zero-order valence-corrected chi connectivity index (χ0v) is 11.5. The van der Waals surface area contributed by atoms with Crippen LogP contribution in [0.1, 0.15) is 31.7 Å². The highest BCUT2D eigenvalue weighted by Crippen LogP contribution is 2.27. The van der Waals surface area contributed by atoms with E-state index in [1.54, 1.807) is 4.90 Å². The number of rotatable bonds is 3. The molecule has 1 aliphatic rings. The molecule has 0 aromatic heterocycles. The molecule has 0 saturated carbocycles. The normalized spacial score (nSPS) is 23.2. The molecule has 0 bridgehead atoms. The summed E-state index contributed by atoms with van der Waals surface area (Å²) in [5.41, 5.74) is 6.57. The van der Waals surface area contributed by atoms with E-state index in [4.69, 9.17) is 10.5 Å². The van der Waals surface area contributed by atoms with Crippen LogP contribution in [0.2, 0.25) is 0 Å². The lowest BCUT2D eigenvalue weighted by Crippen LogP contribution is -2.56. The Bertz CT molecular complexity index is 421. The van der Waals surface area contributed by atoms with Crippen LogP contribution in [0.15, 0.2) is 30.3 Å². The number of piperidine rings is 1. The van der Waals surface area contributed by atoms with Crippen molar-refractivity contribution in [2.24, 2.45) is 5.73 Å². The summed E-state index contributed by atoms with van der Waals surface area (Å²) in [5, 5.41) is 0. The average molecular weight is 262 g/mol. The summed E-state index contributed by atoms with van der Waals surface area (Å²) in [6.45, 7) is 3.57. The largest absolute Gasteiger partial charge is 0.445 e. The lowest BCUT2D eigenvalue weighted by molar-refractivity contribution is 0.0351. The first-order chi connectivity index (χ1) is 9.15. The van der Waals surface area contributed by atoms with E-state index < -0.39 is 0 Å². The van der Waals surface area contributed by atoms with Crippen LogP contribution >= 0.6 is 0 Å². The van der Waals surface area contributed by atoms with Crippen LogP contribution in [0.3, 0.4) is 0 Å². The minimum atomic E-state index is -0.258. The molecular formula is C15H22N2O2. The van der Waals surface area contributed by atoms with Crippen molar-refractivity contribution < 1.29 is 9.53 Å². The number of hydrogen-bond acceptors (Lipinski definition) is 3. The van der Waals surface area contributed by atoms with Gasteiger partial charge in [-0.1, -0.05) is 30.3 Å². The average Bonchev–Trinajstić information content (AvgIpc) is 2.46. The summed E-state index contributed by atoms with van der Waals surface area (Å²) in [4.78, 5) is 14.0. The van der Waals surface area contributed by atoms with Gasteiger partial charge in [-0.3, -0.25) is 0 Å². The molecule has 2 rings (SSSR count). The van der Waals surface area contributed by atoms with Crippen molar-refractivity contribution in [1.82, 2.24) is 4.90 Å². The van der Waals surface area contributed by atoms with Gasteiger partial charge in [0.25, 0.3) is 0 Å². The number of carbonyl (C=O) groups is 1. The fourth-order valence-corrected chi connectivity index (χ4v) is 2.50. The van der Waals surface area contributed by atoms with Crippen LogP contribution in [-0.2, 0) is 11.3 Å². The molecule has 1 aromatic rings. The number of amides is 1. The number of nitrogens with two attached hydrogens (primary N) is 1. The van der Waals surface area contributed by atoms with E-state index in [0.29, 0.717) is 13.2 Å². The van der Waals surface area contributed by atoms with Crippen molar-refractivity contribution >= 4 is 6.09 Å². The van der Waals surface area contributed by atoms with Crippen LogP contribution in [0.25, 0.3) is 0 Å². The zero-order valence-electron chi connectivity index (χ0n) is 11.5. The van der Waals surface area contributed by atoms with E-state index in [2.05, 4.69) is 0 Å². The molecule has 0 radical (unpaired) electrons. The number of carbonyl (C=O) groups excluding carboxylic acids is 1. The molecule has 4 heteroatoms. The third kappa shape index (κ3) is 3.26. The summed E-state index contributed by atoms with van der Waals surface area (Å²) in [7, 11) is 0. The van der Waals surface area contributed by atoms with Gasteiger partial charge in [0.05, 0.1) is 5.54 Å². The third-order valence-electron chi connectivity index (χ3n) is 3.86. The van der Waals surface area contributed by atoms with E-state index in [9.17, 15) is 4.79 Å². The fourth-order valence-electron chi connectivity index (χ4n) is 2.50. The second-order valence-corrected chi connectivity index (χ2v) is 5.35. The number of ether oxygens (including phenoxy) is 1. The molecular weight excluding hydrogens is 240 g/mol. The van der Waals surface area contributed by atoms with Gasteiger partial charge in [0.1, 0.15) is 6.61 Å². The van der Waals surface area contributed by atoms with E-state index in [0.717, 1.165) is 31.4 Å². The van der Waals surface area contributed by atoms with E-state index in [1.165, 1.54) is 0 Å². The molecule has 0 spiro atoms. The quantitative estimate of drug-likeness (QED) is 0.910. The molecule has 1 aliphatic heterocycles. The highest BCUT2D eigenvalue weighted by atomic mass is 16.6. The van der Waals surface area contributed by atoms with Gasteiger partial charge < -0.3 is 15.4 Å². The second kappa shape index (κ2) is 6.06. The maximum atomic E-state index is 12.2. The Morgan fingerprint density at radius 1 is 1.37 bits per heavy atom. The SMILES string of the molecule is CC1(CN)CCCCN1C(=O)OCc1ccccc1. The minimum absolute atomic E-state index is 0.253. The van der Waals surface area contributed by atoms with Gasteiger partial charge in [-0.2, -0.15) is 0 Å². The lowest BCUT2D eigenvalue weighted by atomic mass is 9.89. The molecule has 19 heavy (non-hydrogen) atoms. The molecule has 1 fully saturated rings. The van der Waals surface area contributed by atoms with Crippen LogP contribution in [0.4, 0.5) is 4.79 Å². The van der Waals surface area contributed by atoms with Crippen molar-refractivity contribution in [3.8, 4) is 0 Å². The molecule has 1 unspecified atom stereocenters. The Labute approximate surface area is 114 Å². The van der Waals surface area contributed by atoms with Gasteiger partial charge in [0.15, 0.2) is 0 Å². The monoisotopic (exact) mass is 262 g/mol. The number of nitrogens with zero attached hydrogens (tertiary/aromatic N) is 1. The minimum Gasteiger partial charge on any atom is -0.445 e. The number of likely N-dealkylation sites (tertiary alicyclic amines) is 1. The van der Waals surface area contributed by atoms with Crippen molar-refractivity contribution in [3.63, 3.8) is 0 Å². The highest BCUT2D eigenvalue weighted by Gasteiger charge is 2.37. The predicted molar refractivity (Wildman–Crippen MR) is 74.6 cm³/mol. The Balaban J connectivity index is 1.95. The van der Waals surface area contributed by atoms with Crippen LogP contribution in [-0.4, -0.2) is 29.6 Å². The molecule has 1 aromatic carbocycles. The van der Waals surface area contributed by atoms with Gasteiger partial charge in [0, 0.05) is 13.1 Å². The fraction of sp³-hybridized carbons (Fsp3) is 0.533. The van der Waals surface area contributed by atoms with E-state index in [-0.39, 0.29) is 11.6 Å². The summed E-state index contributed by atoms with van der Waals surface area (Å²) >= 11 is 0. The van der Waals surface area contributed by atoms with Gasteiger partial charge in [0.2, 0.25) is 0 Å². The maximum absolute atomic E-state index is 12.2.